The number of ether oxygens (including phenoxy) is 1. The second-order valence-electron chi connectivity index (χ2n) is 3.88. The lowest BCUT2D eigenvalue weighted by Gasteiger charge is -2.21. The molecule has 1 aromatic carbocycles. The number of hydrogen-bond acceptors (Lipinski definition) is 5. The highest BCUT2D eigenvalue weighted by Crippen LogP contribution is 2.18. The van der Waals surface area contributed by atoms with E-state index in [0.717, 1.165) is 4.90 Å². The number of nitriles is 3. The molecule has 0 aliphatic rings. The fraction of sp³-hybridized carbons (Fsp3) is 0.286. The zero-order valence-corrected chi connectivity index (χ0v) is 10.9. The van der Waals surface area contributed by atoms with E-state index >= 15 is 0 Å². The van der Waals surface area contributed by atoms with Gasteiger partial charge in [0.05, 0.1) is 17.7 Å². The van der Waals surface area contributed by atoms with Crippen molar-refractivity contribution in [2.75, 3.05) is 13.1 Å². The van der Waals surface area contributed by atoms with Crippen LogP contribution in [-0.4, -0.2) is 30.0 Å². The number of benzene rings is 1. The quantitative estimate of drug-likeness (QED) is 0.747. The number of carbonyl (C=O) groups is 1. The normalized spacial score (nSPS) is 10.5. The summed E-state index contributed by atoms with van der Waals surface area (Å²) in [6.07, 6.45) is -0.883. The number of amides is 1. The molecule has 0 spiro atoms. The third-order valence-corrected chi connectivity index (χ3v) is 2.49. The summed E-state index contributed by atoms with van der Waals surface area (Å²) in [6.45, 7) is 1.15. The second-order valence-corrected chi connectivity index (χ2v) is 3.88. The van der Waals surface area contributed by atoms with Crippen LogP contribution in [0.15, 0.2) is 24.3 Å². The molecular weight excluding hydrogens is 256 g/mol. The highest BCUT2D eigenvalue weighted by molar-refractivity contribution is 5.81. The molecule has 0 bridgehead atoms. The molecule has 0 fully saturated rings. The molecule has 0 aromatic heterocycles. The summed E-state index contributed by atoms with van der Waals surface area (Å²) in [5.41, 5.74) is 0.319. The molecule has 100 valence electrons. The Morgan fingerprint density at radius 3 is 2.40 bits per heavy atom. The summed E-state index contributed by atoms with van der Waals surface area (Å²) < 4.78 is 5.44. The van der Waals surface area contributed by atoms with Gasteiger partial charge in [0, 0.05) is 0 Å². The molecule has 0 saturated carbocycles. The van der Waals surface area contributed by atoms with Crippen LogP contribution in [0.2, 0.25) is 0 Å². The summed E-state index contributed by atoms with van der Waals surface area (Å²) in [5.74, 6) is -0.175. The molecule has 0 saturated heterocycles. The van der Waals surface area contributed by atoms with E-state index in [-0.39, 0.29) is 13.1 Å². The summed E-state index contributed by atoms with van der Waals surface area (Å²) in [7, 11) is 0. The number of para-hydroxylation sites is 1. The Hall–Kier alpha value is -3.04. The van der Waals surface area contributed by atoms with Crippen molar-refractivity contribution in [1.29, 1.82) is 15.8 Å². The first-order valence-electron chi connectivity index (χ1n) is 5.82. The second kappa shape index (κ2) is 7.41. The van der Waals surface area contributed by atoms with E-state index in [9.17, 15) is 4.79 Å². The number of rotatable bonds is 5. The largest absolute Gasteiger partial charge is 0.480 e. The maximum Gasteiger partial charge on any atom is 0.265 e. The number of nitrogens with zero attached hydrogens (tertiary/aromatic N) is 4. The van der Waals surface area contributed by atoms with Crippen molar-refractivity contribution in [3.8, 4) is 24.0 Å². The van der Waals surface area contributed by atoms with Gasteiger partial charge in [-0.2, -0.15) is 15.8 Å². The van der Waals surface area contributed by atoms with Crippen LogP contribution >= 0.6 is 0 Å². The van der Waals surface area contributed by atoms with Gasteiger partial charge < -0.3 is 9.64 Å². The first kappa shape index (κ1) is 15.0. The molecule has 1 rings (SSSR count). The fourth-order valence-electron chi connectivity index (χ4n) is 1.54. The molecule has 6 nitrogen and oxygen atoms in total. The van der Waals surface area contributed by atoms with Crippen LogP contribution in [0.3, 0.4) is 0 Å². The molecule has 0 heterocycles. The predicted molar refractivity (Wildman–Crippen MR) is 69.1 cm³/mol. The van der Waals surface area contributed by atoms with Crippen molar-refractivity contribution in [2.24, 2.45) is 0 Å². The smallest absolute Gasteiger partial charge is 0.265 e. The van der Waals surface area contributed by atoms with E-state index in [0.29, 0.717) is 11.3 Å². The van der Waals surface area contributed by atoms with Gasteiger partial charge in [-0.25, -0.2) is 0 Å². The highest BCUT2D eigenvalue weighted by Gasteiger charge is 2.22. The molecule has 1 amide bonds. The average Bonchev–Trinajstić information content (AvgIpc) is 2.46. The Bertz CT molecular complexity index is 591. The summed E-state index contributed by atoms with van der Waals surface area (Å²) in [5, 5.41) is 26.2. The fourth-order valence-corrected chi connectivity index (χ4v) is 1.54. The summed E-state index contributed by atoms with van der Waals surface area (Å²) in [4.78, 5) is 13.1. The third kappa shape index (κ3) is 3.73. The molecule has 0 radical (unpaired) electrons. The monoisotopic (exact) mass is 268 g/mol. The van der Waals surface area contributed by atoms with Crippen LogP contribution in [0.4, 0.5) is 0 Å². The zero-order valence-electron chi connectivity index (χ0n) is 10.9. The van der Waals surface area contributed by atoms with Gasteiger partial charge in [0.2, 0.25) is 0 Å². The first-order valence-corrected chi connectivity index (χ1v) is 5.82. The van der Waals surface area contributed by atoms with Crippen molar-refractivity contribution < 1.29 is 9.53 Å². The minimum atomic E-state index is -0.883. The van der Waals surface area contributed by atoms with Crippen molar-refractivity contribution >= 4 is 5.91 Å². The molecule has 0 aliphatic heterocycles. The van der Waals surface area contributed by atoms with Crippen LogP contribution < -0.4 is 4.74 Å². The molecular formula is C14H12N4O2. The van der Waals surface area contributed by atoms with Crippen molar-refractivity contribution in [1.82, 2.24) is 4.90 Å². The van der Waals surface area contributed by atoms with Crippen molar-refractivity contribution in [3.05, 3.63) is 29.8 Å². The third-order valence-electron chi connectivity index (χ3n) is 2.49. The van der Waals surface area contributed by atoms with E-state index in [1.54, 1.807) is 24.3 Å². The molecule has 1 unspecified atom stereocenters. The Labute approximate surface area is 117 Å². The van der Waals surface area contributed by atoms with Gasteiger partial charge in [-0.05, 0) is 19.1 Å². The van der Waals surface area contributed by atoms with Gasteiger partial charge in [-0.15, -0.1) is 0 Å². The lowest BCUT2D eigenvalue weighted by atomic mass is 10.2. The van der Waals surface area contributed by atoms with Gasteiger partial charge in [0.25, 0.3) is 5.91 Å². The van der Waals surface area contributed by atoms with Crippen LogP contribution in [0.5, 0.6) is 5.75 Å². The molecule has 0 aliphatic carbocycles. The lowest BCUT2D eigenvalue weighted by molar-refractivity contribution is -0.136. The molecule has 6 heteroatoms. The maximum absolute atomic E-state index is 12.0. The van der Waals surface area contributed by atoms with E-state index in [4.69, 9.17) is 20.5 Å². The van der Waals surface area contributed by atoms with E-state index in [1.165, 1.54) is 6.92 Å². The van der Waals surface area contributed by atoms with Crippen LogP contribution in [0.25, 0.3) is 0 Å². The average molecular weight is 268 g/mol. The minimum absolute atomic E-state index is 0.181. The van der Waals surface area contributed by atoms with Crippen molar-refractivity contribution in [3.63, 3.8) is 0 Å². The molecule has 1 aromatic rings. The Kier molecular flexibility index (Phi) is 5.56. The topological polar surface area (TPSA) is 101 Å². The van der Waals surface area contributed by atoms with E-state index < -0.39 is 12.0 Å². The lowest BCUT2D eigenvalue weighted by Crippen LogP contribution is -2.41. The zero-order chi connectivity index (χ0) is 15.0. The van der Waals surface area contributed by atoms with Crippen LogP contribution in [0.1, 0.15) is 12.5 Å². The molecule has 0 N–H and O–H groups in total. The Balaban J connectivity index is 2.83. The Morgan fingerprint density at radius 2 is 1.85 bits per heavy atom. The van der Waals surface area contributed by atoms with Gasteiger partial charge in [-0.3, -0.25) is 4.79 Å². The molecule has 1 atom stereocenters. The minimum Gasteiger partial charge on any atom is -0.480 e. The van der Waals surface area contributed by atoms with E-state index in [2.05, 4.69) is 0 Å². The molecule has 20 heavy (non-hydrogen) atoms. The van der Waals surface area contributed by atoms with Gasteiger partial charge in [0.1, 0.15) is 24.9 Å². The van der Waals surface area contributed by atoms with Crippen molar-refractivity contribution in [2.45, 2.75) is 13.0 Å². The maximum atomic E-state index is 12.0. The summed E-state index contributed by atoms with van der Waals surface area (Å²) in [6, 6.07) is 12.1. The first-order chi connectivity index (χ1) is 9.63. The van der Waals surface area contributed by atoms with Crippen LogP contribution in [0, 0.1) is 34.0 Å². The van der Waals surface area contributed by atoms with Gasteiger partial charge in [0.15, 0.2) is 6.10 Å². The Morgan fingerprint density at radius 1 is 1.25 bits per heavy atom. The predicted octanol–water partition coefficient (Wildman–Crippen LogP) is 1.20. The van der Waals surface area contributed by atoms with Gasteiger partial charge in [-0.1, -0.05) is 12.1 Å². The number of hydrogen-bond donors (Lipinski definition) is 0. The van der Waals surface area contributed by atoms with E-state index in [1.807, 2.05) is 18.2 Å². The summed E-state index contributed by atoms with van der Waals surface area (Å²) >= 11 is 0. The van der Waals surface area contributed by atoms with Crippen LogP contribution in [-0.2, 0) is 4.79 Å². The number of carbonyl (C=O) groups excluding carboxylic acids is 1. The SMILES string of the molecule is CC(Oc1ccccc1C#N)C(=O)N(CC#N)CC#N. The highest BCUT2D eigenvalue weighted by atomic mass is 16.5. The standard InChI is InChI=1S/C14H12N4O2/c1-11(14(19)18(8-6-15)9-7-16)20-13-5-3-2-4-12(13)10-17/h2-5,11H,8-9H2,1H3. The van der Waals surface area contributed by atoms with Gasteiger partial charge >= 0.3 is 0 Å².